The number of unbranched alkanes of at least 4 members (excludes halogenated alkanes) is 1. The maximum absolute atomic E-state index is 12.0. The molecule has 2 aromatic rings. The summed E-state index contributed by atoms with van der Waals surface area (Å²) in [6.07, 6.45) is 6.40. The van der Waals surface area contributed by atoms with Crippen molar-refractivity contribution in [1.82, 2.24) is 25.3 Å². The minimum Gasteiger partial charge on any atom is -0.381 e. The number of carbonyl (C=O) groups excluding carboxylic acids is 1. The van der Waals surface area contributed by atoms with Gasteiger partial charge in [-0.2, -0.15) is 5.10 Å². The number of rotatable bonds is 9. The number of anilines is 1. The second-order valence-corrected chi connectivity index (χ2v) is 5.17. The molecule has 0 radical (unpaired) electrons. The summed E-state index contributed by atoms with van der Waals surface area (Å²) in [4.78, 5) is 20.3. The molecule has 0 atom stereocenters. The number of nitrogens with two attached hydrogens (primary N) is 2. The van der Waals surface area contributed by atoms with Gasteiger partial charge < -0.3 is 16.9 Å². The Morgan fingerprint density at radius 1 is 1.36 bits per heavy atom. The largest absolute Gasteiger partial charge is 0.381 e. The summed E-state index contributed by atoms with van der Waals surface area (Å²) in [5.41, 5.74) is 6.30. The highest BCUT2D eigenvalue weighted by atomic mass is 16.1. The number of pyridine rings is 1. The molecule has 0 saturated carbocycles. The van der Waals surface area contributed by atoms with Crippen LogP contribution in [0.15, 0.2) is 40.7 Å². The van der Waals surface area contributed by atoms with Crippen LogP contribution in [0.3, 0.4) is 0 Å². The molecule has 0 aliphatic heterocycles. The van der Waals surface area contributed by atoms with Crippen molar-refractivity contribution in [2.75, 3.05) is 12.3 Å². The topological polar surface area (TPSA) is 149 Å². The number of hydrogen-bond acceptors (Lipinski definition) is 8. The minimum absolute atomic E-state index is 0.0694. The van der Waals surface area contributed by atoms with Crippen molar-refractivity contribution in [2.45, 2.75) is 25.9 Å². The lowest BCUT2D eigenvalue weighted by Gasteiger charge is -2.03. The predicted molar refractivity (Wildman–Crippen MR) is 94.7 cm³/mol. The summed E-state index contributed by atoms with van der Waals surface area (Å²) in [5, 5.41) is 13.7. The summed E-state index contributed by atoms with van der Waals surface area (Å²) in [7, 11) is 0. The van der Waals surface area contributed by atoms with Crippen LogP contribution in [-0.2, 0) is 17.9 Å². The summed E-state index contributed by atoms with van der Waals surface area (Å²) in [6.45, 7) is 1.56. The van der Waals surface area contributed by atoms with Crippen molar-refractivity contribution >= 4 is 23.7 Å². The fraction of sp³-hybridized carbons (Fsp3) is 0.333. The van der Waals surface area contributed by atoms with E-state index < -0.39 is 5.91 Å². The highest BCUT2D eigenvalue weighted by Gasteiger charge is 2.08. The standard InChI is InChI=1S/C15H21N9O/c16-14-11-24(23-22-14)8-4-3-6-18-10-13(21-17)15(25)20-9-12-5-1-2-7-19-12/h1-2,5,7,10-11H,3-4,6,8-9,16-17H2,(H,20,25). The van der Waals surface area contributed by atoms with Gasteiger partial charge in [-0.25, -0.2) is 0 Å². The zero-order valence-corrected chi connectivity index (χ0v) is 13.7. The van der Waals surface area contributed by atoms with Crippen LogP contribution in [0.2, 0.25) is 0 Å². The number of carbonyl (C=O) groups is 1. The number of aryl methyl sites for hydroxylation is 1. The van der Waals surface area contributed by atoms with Crippen molar-refractivity contribution in [3.05, 3.63) is 36.3 Å². The number of nitrogen functional groups attached to an aromatic ring is 1. The van der Waals surface area contributed by atoms with Gasteiger partial charge in [0.05, 0.1) is 24.7 Å². The van der Waals surface area contributed by atoms with E-state index in [9.17, 15) is 4.79 Å². The first-order chi connectivity index (χ1) is 12.2. The summed E-state index contributed by atoms with van der Waals surface area (Å²) in [5.74, 6) is 5.26. The van der Waals surface area contributed by atoms with Gasteiger partial charge >= 0.3 is 0 Å². The van der Waals surface area contributed by atoms with E-state index in [1.165, 1.54) is 6.21 Å². The minimum atomic E-state index is -0.394. The Hall–Kier alpha value is -3.30. The van der Waals surface area contributed by atoms with Crippen LogP contribution in [-0.4, -0.2) is 44.4 Å². The van der Waals surface area contributed by atoms with Gasteiger partial charge in [0.25, 0.3) is 5.91 Å². The highest BCUT2D eigenvalue weighted by molar-refractivity contribution is 6.60. The van der Waals surface area contributed by atoms with Crippen LogP contribution in [0.4, 0.5) is 5.82 Å². The van der Waals surface area contributed by atoms with E-state index in [1.807, 2.05) is 18.2 Å². The van der Waals surface area contributed by atoms with Crippen molar-refractivity contribution in [3.8, 4) is 0 Å². The number of aromatic nitrogens is 4. The van der Waals surface area contributed by atoms with Gasteiger partial charge in [-0.3, -0.25) is 19.5 Å². The van der Waals surface area contributed by atoms with Crippen LogP contribution in [0.1, 0.15) is 18.5 Å². The van der Waals surface area contributed by atoms with Gasteiger partial charge in [0.1, 0.15) is 0 Å². The molecule has 0 fully saturated rings. The highest BCUT2D eigenvalue weighted by Crippen LogP contribution is 1.97. The third-order valence-corrected chi connectivity index (χ3v) is 3.22. The first kappa shape index (κ1) is 18.0. The number of hydrazone groups is 1. The number of aliphatic imine (C=N–C) groups is 1. The van der Waals surface area contributed by atoms with E-state index in [2.05, 4.69) is 30.7 Å². The molecule has 2 aromatic heterocycles. The van der Waals surface area contributed by atoms with Crippen molar-refractivity contribution in [3.63, 3.8) is 0 Å². The van der Waals surface area contributed by atoms with E-state index in [0.717, 1.165) is 18.5 Å². The smallest absolute Gasteiger partial charge is 0.273 e. The van der Waals surface area contributed by atoms with Gasteiger partial charge in [-0.15, -0.1) is 5.10 Å². The Labute approximate surface area is 145 Å². The molecular formula is C15H21N9O. The SMILES string of the molecule is NN=C(C=NCCCCn1cc(N)nn1)C(=O)NCc1ccccn1. The fourth-order valence-electron chi connectivity index (χ4n) is 1.97. The van der Waals surface area contributed by atoms with Crippen molar-refractivity contribution < 1.29 is 4.79 Å². The third kappa shape index (κ3) is 6.37. The first-order valence-electron chi connectivity index (χ1n) is 7.80. The Morgan fingerprint density at radius 3 is 2.92 bits per heavy atom. The first-order valence-corrected chi connectivity index (χ1v) is 7.80. The molecule has 10 nitrogen and oxygen atoms in total. The van der Waals surface area contributed by atoms with E-state index in [1.54, 1.807) is 17.1 Å². The lowest BCUT2D eigenvalue weighted by Crippen LogP contribution is -2.32. The molecule has 0 saturated heterocycles. The Kier molecular flexibility index (Phi) is 7.04. The van der Waals surface area contributed by atoms with Crippen molar-refractivity contribution in [1.29, 1.82) is 0 Å². The number of nitrogens with one attached hydrogen (secondary N) is 1. The van der Waals surface area contributed by atoms with E-state index in [4.69, 9.17) is 11.6 Å². The molecule has 10 heteroatoms. The zero-order valence-electron chi connectivity index (χ0n) is 13.7. The predicted octanol–water partition coefficient (Wildman–Crippen LogP) is -0.263. The quantitative estimate of drug-likeness (QED) is 0.247. The maximum Gasteiger partial charge on any atom is 0.273 e. The molecular weight excluding hydrogens is 322 g/mol. The summed E-state index contributed by atoms with van der Waals surface area (Å²) >= 11 is 0. The third-order valence-electron chi connectivity index (χ3n) is 3.22. The van der Waals surface area contributed by atoms with Crippen LogP contribution in [0, 0.1) is 0 Å². The lowest BCUT2D eigenvalue weighted by molar-refractivity contribution is -0.114. The lowest BCUT2D eigenvalue weighted by atomic mass is 10.3. The van der Waals surface area contributed by atoms with Gasteiger partial charge in [-0.1, -0.05) is 11.3 Å². The molecule has 0 unspecified atom stereocenters. The van der Waals surface area contributed by atoms with Crippen LogP contribution in [0.25, 0.3) is 0 Å². The molecule has 2 heterocycles. The van der Waals surface area contributed by atoms with Crippen LogP contribution in [0.5, 0.6) is 0 Å². The van der Waals surface area contributed by atoms with Crippen LogP contribution >= 0.6 is 0 Å². The van der Waals surface area contributed by atoms with E-state index >= 15 is 0 Å². The molecule has 0 bridgehead atoms. The molecule has 0 spiro atoms. The Bertz CT molecular complexity index is 724. The molecule has 132 valence electrons. The summed E-state index contributed by atoms with van der Waals surface area (Å²) in [6, 6.07) is 5.47. The van der Waals surface area contributed by atoms with Crippen molar-refractivity contribution in [2.24, 2.45) is 15.9 Å². The molecule has 1 amide bonds. The molecule has 25 heavy (non-hydrogen) atoms. The molecule has 0 aromatic carbocycles. The number of hydrogen-bond donors (Lipinski definition) is 3. The fourth-order valence-corrected chi connectivity index (χ4v) is 1.97. The van der Waals surface area contributed by atoms with E-state index in [-0.39, 0.29) is 5.71 Å². The Morgan fingerprint density at radius 2 is 2.24 bits per heavy atom. The van der Waals surface area contributed by atoms with Gasteiger partial charge in [0.15, 0.2) is 11.5 Å². The number of nitrogens with zero attached hydrogens (tertiary/aromatic N) is 6. The summed E-state index contributed by atoms with van der Waals surface area (Å²) < 4.78 is 1.68. The molecule has 0 aliphatic rings. The molecule has 0 aliphatic carbocycles. The maximum atomic E-state index is 12.0. The second-order valence-electron chi connectivity index (χ2n) is 5.17. The Balaban J connectivity index is 1.67. The molecule has 5 N–H and O–H groups in total. The average molecular weight is 343 g/mol. The van der Waals surface area contributed by atoms with E-state index in [0.29, 0.717) is 25.5 Å². The number of amides is 1. The van der Waals surface area contributed by atoms with Crippen LogP contribution < -0.4 is 16.9 Å². The zero-order chi connectivity index (χ0) is 17.9. The van der Waals surface area contributed by atoms with Gasteiger partial charge in [-0.05, 0) is 25.0 Å². The van der Waals surface area contributed by atoms with Gasteiger partial charge in [0, 0.05) is 19.3 Å². The average Bonchev–Trinajstić information content (AvgIpc) is 3.05. The second kappa shape index (κ2) is 9.75. The van der Waals surface area contributed by atoms with Gasteiger partial charge in [0.2, 0.25) is 0 Å². The molecule has 2 rings (SSSR count). The normalized spacial score (nSPS) is 11.8. The monoisotopic (exact) mass is 343 g/mol.